The topological polar surface area (TPSA) is 33.1 Å². The fraction of sp³-hybridized carbons (Fsp3) is 0.414. The molecule has 0 fully saturated rings. The van der Waals surface area contributed by atoms with Crippen LogP contribution < -0.4 is 10.4 Å². The third-order valence-electron chi connectivity index (χ3n) is 6.73. The number of hydrogen-bond acceptors (Lipinski definition) is 3. The van der Waals surface area contributed by atoms with Crippen molar-refractivity contribution in [2.45, 2.75) is 66.2 Å². The number of fused-ring (bicyclic) bond motifs is 1. The smallest absolute Gasteiger partial charge is 0.129 e. The molecule has 0 radical (unpaired) electrons. The van der Waals surface area contributed by atoms with Crippen molar-refractivity contribution >= 4 is 23.0 Å². The van der Waals surface area contributed by atoms with Gasteiger partial charge in [-0.1, -0.05) is 91.8 Å². The summed E-state index contributed by atoms with van der Waals surface area (Å²) in [5.41, 5.74) is 5.21. The molecule has 2 aromatic carbocycles. The summed E-state index contributed by atoms with van der Waals surface area (Å²) >= 11 is 1.62. The van der Waals surface area contributed by atoms with Crippen LogP contribution in [-0.4, -0.2) is 10.1 Å². The molecule has 0 amide bonds. The lowest BCUT2D eigenvalue weighted by Gasteiger charge is -2.27. The largest absolute Gasteiger partial charge is 0.507 e. The molecular formula is C29H35NOS. The van der Waals surface area contributed by atoms with Gasteiger partial charge < -0.3 is 5.11 Å². The highest BCUT2D eigenvalue weighted by Gasteiger charge is 2.28. The summed E-state index contributed by atoms with van der Waals surface area (Å²) in [6.07, 6.45) is 2.37. The fourth-order valence-corrected chi connectivity index (χ4v) is 5.35. The Labute approximate surface area is 196 Å². The Morgan fingerprint density at radius 3 is 2.28 bits per heavy atom. The third kappa shape index (κ3) is 4.03. The van der Waals surface area contributed by atoms with Crippen molar-refractivity contribution in [3.05, 3.63) is 69.0 Å². The van der Waals surface area contributed by atoms with E-state index in [1.807, 2.05) is 0 Å². The summed E-state index contributed by atoms with van der Waals surface area (Å²) < 4.78 is 0. The Hall–Kier alpha value is -2.39. The van der Waals surface area contributed by atoms with Gasteiger partial charge in [-0.15, -0.1) is 11.3 Å². The van der Waals surface area contributed by atoms with Gasteiger partial charge in [0.05, 0.1) is 11.3 Å². The number of nitrogens with zero attached hydrogens (tertiary/aromatic N) is 1. The molecule has 2 unspecified atom stereocenters. The summed E-state index contributed by atoms with van der Waals surface area (Å²) in [7, 11) is 0. The van der Waals surface area contributed by atoms with Crippen LogP contribution >= 0.6 is 11.3 Å². The molecule has 3 aromatic rings. The lowest BCUT2D eigenvalue weighted by Crippen LogP contribution is -2.35. The zero-order valence-electron chi connectivity index (χ0n) is 20.6. The van der Waals surface area contributed by atoms with E-state index in [2.05, 4.69) is 103 Å². The SMILES string of the molecule is CC1C=c2ccccc2=C(c2csc(-c3cc(C(C)(C)C)cc(C(C)(C)C)c3O)n2)C1C. The van der Waals surface area contributed by atoms with E-state index in [-0.39, 0.29) is 10.8 Å². The highest BCUT2D eigenvalue weighted by molar-refractivity contribution is 7.13. The molecule has 1 aromatic heterocycles. The van der Waals surface area contributed by atoms with Crippen LogP contribution in [0.1, 0.15) is 72.2 Å². The van der Waals surface area contributed by atoms with Crippen molar-refractivity contribution in [1.82, 2.24) is 4.98 Å². The fourth-order valence-electron chi connectivity index (χ4n) is 4.52. The molecule has 1 heterocycles. The molecule has 1 N–H and O–H groups in total. The van der Waals surface area contributed by atoms with Crippen LogP contribution in [0, 0.1) is 11.8 Å². The lowest BCUT2D eigenvalue weighted by atomic mass is 9.79. The van der Waals surface area contributed by atoms with Crippen LogP contribution in [0.5, 0.6) is 5.75 Å². The molecule has 0 spiro atoms. The minimum absolute atomic E-state index is 0.0145. The minimum atomic E-state index is -0.156. The summed E-state index contributed by atoms with van der Waals surface area (Å²) in [6.45, 7) is 17.7. The van der Waals surface area contributed by atoms with Crippen molar-refractivity contribution in [2.75, 3.05) is 0 Å². The summed E-state index contributed by atoms with van der Waals surface area (Å²) in [4.78, 5) is 5.10. The second-order valence-corrected chi connectivity index (χ2v) is 12.1. The second-order valence-electron chi connectivity index (χ2n) is 11.3. The van der Waals surface area contributed by atoms with Crippen LogP contribution in [-0.2, 0) is 10.8 Å². The first-order chi connectivity index (χ1) is 14.9. The van der Waals surface area contributed by atoms with Gasteiger partial charge in [0, 0.05) is 10.9 Å². The van der Waals surface area contributed by atoms with E-state index in [0.29, 0.717) is 17.6 Å². The second kappa shape index (κ2) is 7.88. The molecule has 2 atom stereocenters. The van der Waals surface area contributed by atoms with Gasteiger partial charge in [0.1, 0.15) is 10.8 Å². The normalized spacial score (nSPS) is 18.9. The maximum atomic E-state index is 11.3. The van der Waals surface area contributed by atoms with Gasteiger partial charge in [-0.25, -0.2) is 4.98 Å². The monoisotopic (exact) mass is 445 g/mol. The molecular weight excluding hydrogens is 410 g/mol. The van der Waals surface area contributed by atoms with Crippen LogP contribution in [0.3, 0.4) is 0 Å². The van der Waals surface area contributed by atoms with E-state index >= 15 is 0 Å². The quantitative estimate of drug-likeness (QED) is 0.497. The van der Waals surface area contributed by atoms with Crippen molar-refractivity contribution in [1.29, 1.82) is 0 Å². The Morgan fingerprint density at radius 1 is 0.938 bits per heavy atom. The van der Waals surface area contributed by atoms with Crippen LogP contribution in [0.2, 0.25) is 0 Å². The summed E-state index contributed by atoms with van der Waals surface area (Å²) in [5, 5.41) is 16.9. The van der Waals surface area contributed by atoms with E-state index < -0.39 is 0 Å². The molecule has 0 saturated carbocycles. The number of aromatic hydroxyl groups is 1. The van der Waals surface area contributed by atoms with Gasteiger partial charge in [0.15, 0.2) is 0 Å². The molecule has 1 aliphatic rings. The summed E-state index contributed by atoms with van der Waals surface area (Å²) in [6, 6.07) is 12.9. The van der Waals surface area contributed by atoms with Gasteiger partial charge in [-0.05, 0) is 50.3 Å². The molecule has 0 aliphatic heterocycles. The Kier molecular flexibility index (Phi) is 5.61. The van der Waals surface area contributed by atoms with E-state index in [4.69, 9.17) is 4.98 Å². The average Bonchev–Trinajstić information content (AvgIpc) is 3.16. The number of phenolic OH excluding ortho intramolecular Hbond substituents is 1. The zero-order chi connectivity index (χ0) is 23.4. The Balaban J connectivity index is 1.93. The molecule has 2 nitrogen and oxygen atoms in total. The highest BCUT2D eigenvalue weighted by atomic mass is 32.1. The molecule has 4 rings (SSSR count). The van der Waals surface area contributed by atoms with Gasteiger partial charge >= 0.3 is 0 Å². The molecule has 0 bridgehead atoms. The van der Waals surface area contributed by atoms with E-state index in [1.165, 1.54) is 21.6 Å². The number of aromatic nitrogens is 1. The van der Waals surface area contributed by atoms with Gasteiger partial charge in [0.2, 0.25) is 0 Å². The molecule has 32 heavy (non-hydrogen) atoms. The Morgan fingerprint density at radius 2 is 1.62 bits per heavy atom. The molecule has 3 heteroatoms. The van der Waals surface area contributed by atoms with Crippen LogP contribution in [0.4, 0.5) is 0 Å². The first-order valence-corrected chi connectivity index (χ1v) is 12.4. The highest BCUT2D eigenvalue weighted by Crippen LogP contribution is 2.43. The van der Waals surface area contributed by atoms with Gasteiger partial charge in [-0.3, -0.25) is 0 Å². The van der Waals surface area contributed by atoms with Crippen molar-refractivity contribution in [3.63, 3.8) is 0 Å². The van der Waals surface area contributed by atoms with Gasteiger partial charge in [-0.2, -0.15) is 0 Å². The summed E-state index contributed by atoms with van der Waals surface area (Å²) in [5.74, 6) is 1.20. The molecule has 168 valence electrons. The molecule has 0 saturated heterocycles. The first-order valence-electron chi connectivity index (χ1n) is 11.5. The minimum Gasteiger partial charge on any atom is -0.507 e. The standard InChI is InChI=1S/C29H35NOS/c1-17-13-19-11-9-10-12-21(19)25(18(17)2)24-16-32-27(30-24)22-14-20(28(3,4)5)15-23(26(22)31)29(6,7)8/h9-18,31H,1-8H3. The van der Waals surface area contributed by atoms with Crippen LogP contribution in [0.15, 0.2) is 41.8 Å². The maximum absolute atomic E-state index is 11.3. The number of phenols is 1. The van der Waals surface area contributed by atoms with E-state index in [0.717, 1.165) is 21.8 Å². The lowest BCUT2D eigenvalue weighted by molar-refractivity contribution is 0.446. The maximum Gasteiger partial charge on any atom is 0.129 e. The van der Waals surface area contributed by atoms with E-state index in [9.17, 15) is 5.11 Å². The third-order valence-corrected chi connectivity index (χ3v) is 7.61. The Bertz CT molecular complexity index is 1280. The zero-order valence-corrected chi connectivity index (χ0v) is 21.4. The number of benzene rings is 2. The number of hydrogen-bond donors (Lipinski definition) is 1. The van der Waals surface area contributed by atoms with E-state index in [1.54, 1.807) is 11.3 Å². The van der Waals surface area contributed by atoms with Crippen molar-refractivity contribution in [2.24, 2.45) is 11.8 Å². The van der Waals surface area contributed by atoms with Gasteiger partial charge in [0.25, 0.3) is 0 Å². The van der Waals surface area contributed by atoms with Crippen molar-refractivity contribution in [3.8, 4) is 16.3 Å². The molecule has 1 aliphatic carbocycles. The predicted octanol–water partition coefficient (Wildman–Crippen LogP) is 6.38. The predicted molar refractivity (Wildman–Crippen MR) is 138 cm³/mol. The van der Waals surface area contributed by atoms with Crippen molar-refractivity contribution < 1.29 is 5.11 Å². The first kappa shape index (κ1) is 22.8. The number of thiazole rings is 1. The average molecular weight is 446 g/mol. The number of rotatable bonds is 2. The van der Waals surface area contributed by atoms with Crippen LogP contribution in [0.25, 0.3) is 22.2 Å².